The predicted octanol–water partition coefficient (Wildman–Crippen LogP) is 4.54. The van der Waals surface area contributed by atoms with Crippen LogP contribution in [0.3, 0.4) is 0 Å². The molecule has 0 saturated carbocycles. The Balaban J connectivity index is 1.61. The number of rotatable bonds is 9. The smallest absolute Gasteiger partial charge is 0.252 e. The lowest BCUT2D eigenvalue weighted by molar-refractivity contribution is -0.113. The summed E-state index contributed by atoms with van der Waals surface area (Å²) in [5.41, 5.74) is 1.16. The number of halogens is 2. The molecule has 2 amide bonds. The molecular weight excluding hydrogens is 502 g/mol. The van der Waals surface area contributed by atoms with Crippen LogP contribution in [0.4, 0.5) is 5.69 Å². The van der Waals surface area contributed by atoms with Gasteiger partial charge in [-0.1, -0.05) is 47.6 Å². The summed E-state index contributed by atoms with van der Waals surface area (Å²) in [6, 6.07) is 14.1. The summed E-state index contributed by atoms with van der Waals surface area (Å²) in [4.78, 5) is 24.7. The van der Waals surface area contributed by atoms with Crippen LogP contribution in [0, 0.1) is 0 Å². The summed E-state index contributed by atoms with van der Waals surface area (Å²) in [6.07, 6.45) is 1.71. The molecular formula is C21H19BrClN5O2S. The normalized spacial score (nSPS) is 10.5. The van der Waals surface area contributed by atoms with E-state index >= 15 is 0 Å². The molecule has 0 aliphatic carbocycles. The van der Waals surface area contributed by atoms with E-state index in [0.29, 0.717) is 38.3 Å². The molecule has 7 nitrogen and oxygen atoms in total. The monoisotopic (exact) mass is 519 g/mol. The number of thioether (sulfide) groups is 1. The van der Waals surface area contributed by atoms with E-state index in [4.69, 9.17) is 11.6 Å². The molecule has 3 aromatic rings. The molecule has 160 valence electrons. The van der Waals surface area contributed by atoms with Crippen LogP contribution in [0.1, 0.15) is 16.2 Å². The first-order chi connectivity index (χ1) is 15.0. The number of benzene rings is 2. The fraction of sp³-hybridized carbons (Fsp3) is 0.143. The predicted molar refractivity (Wildman–Crippen MR) is 126 cm³/mol. The van der Waals surface area contributed by atoms with Gasteiger partial charge in [0.1, 0.15) is 0 Å². The van der Waals surface area contributed by atoms with Crippen molar-refractivity contribution in [3.05, 3.63) is 82.1 Å². The molecule has 1 aromatic heterocycles. The molecule has 0 spiro atoms. The summed E-state index contributed by atoms with van der Waals surface area (Å²) in [5.74, 6) is 0.295. The standard InChI is InChI=1S/C21H19BrClN5O2S/c1-2-10-28-18(12-24-20(30)16-8-3-4-9-17(16)22)26-27-21(28)31-13-19(29)25-15-7-5-6-14(23)11-15/h2-9,11H,1,10,12-13H2,(H,24,30)(H,25,29). The second-order valence-corrected chi connectivity index (χ2v) is 8.54. The van der Waals surface area contributed by atoms with Crippen LogP contribution in [-0.4, -0.2) is 32.3 Å². The maximum absolute atomic E-state index is 12.4. The number of anilines is 1. The lowest BCUT2D eigenvalue weighted by Crippen LogP contribution is -2.25. The van der Waals surface area contributed by atoms with E-state index in [9.17, 15) is 9.59 Å². The number of hydrogen-bond acceptors (Lipinski definition) is 5. The molecule has 31 heavy (non-hydrogen) atoms. The molecule has 1 heterocycles. The van der Waals surface area contributed by atoms with Gasteiger partial charge in [0.15, 0.2) is 11.0 Å². The van der Waals surface area contributed by atoms with Crippen LogP contribution in [0.15, 0.2) is 70.8 Å². The number of allylic oxidation sites excluding steroid dienone is 1. The first-order valence-electron chi connectivity index (χ1n) is 9.22. The van der Waals surface area contributed by atoms with E-state index in [1.54, 1.807) is 48.5 Å². The summed E-state index contributed by atoms with van der Waals surface area (Å²) in [5, 5.41) is 15.1. The minimum Gasteiger partial charge on any atom is -0.345 e. The number of amides is 2. The van der Waals surface area contributed by atoms with E-state index in [1.165, 1.54) is 11.8 Å². The summed E-state index contributed by atoms with van der Waals surface area (Å²) < 4.78 is 2.52. The highest BCUT2D eigenvalue weighted by atomic mass is 79.9. The average Bonchev–Trinajstić information content (AvgIpc) is 3.13. The van der Waals surface area contributed by atoms with Crippen molar-refractivity contribution in [1.29, 1.82) is 0 Å². The van der Waals surface area contributed by atoms with Gasteiger partial charge in [0, 0.05) is 21.7 Å². The number of carbonyl (C=O) groups excluding carboxylic acids is 2. The van der Waals surface area contributed by atoms with E-state index < -0.39 is 0 Å². The first-order valence-corrected chi connectivity index (χ1v) is 11.4. The average molecular weight is 521 g/mol. The van der Waals surface area contributed by atoms with Crippen LogP contribution < -0.4 is 10.6 Å². The Bertz CT molecular complexity index is 1100. The van der Waals surface area contributed by atoms with E-state index in [2.05, 4.69) is 43.3 Å². The van der Waals surface area contributed by atoms with Gasteiger partial charge in [-0.25, -0.2) is 0 Å². The van der Waals surface area contributed by atoms with Crippen molar-refractivity contribution < 1.29 is 9.59 Å². The van der Waals surface area contributed by atoms with Gasteiger partial charge in [-0.15, -0.1) is 16.8 Å². The Kier molecular flexibility index (Phi) is 8.27. The second kappa shape index (κ2) is 11.1. The molecule has 0 atom stereocenters. The van der Waals surface area contributed by atoms with Gasteiger partial charge in [-0.3, -0.25) is 9.59 Å². The zero-order valence-electron chi connectivity index (χ0n) is 16.3. The lowest BCUT2D eigenvalue weighted by atomic mass is 10.2. The van der Waals surface area contributed by atoms with E-state index in [1.807, 2.05) is 10.6 Å². The molecule has 0 aliphatic rings. The summed E-state index contributed by atoms with van der Waals surface area (Å²) >= 11 is 10.6. The van der Waals surface area contributed by atoms with Crippen molar-refractivity contribution >= 4 is 56.8 Å². The maximum atomic E-state index is 12.4. The Morgan fingerprint density at radius 1 is 1.19 bits per heavy atom. The number of hydrogen-bond donors (Lipinski definition) is 2. The molecule has 0 radical (unpaired) electrons. The van der Waals surface area contributed by atoms with Gasteiger partial charge >= 0.3 is 0 Å². The van der Waals surface area contributed by atoms with Gasteiger partial charge in [0.25, 0.3) is 5.91 Å². The van der Waals surface area contributed by atoms with Crippen LogP contribution in [0.2, 0.25) is 5.02 Å². The van der Waals surface area contributed by atoms with Crippen molar-refractivity contribution in [2.24, 2.45) is 0 Å². The van der Waals surface area contributed by atoms with Crippen LogP contribution >= 0.6 is 39.3 Å². The Hall–Kier alpha value is -2.62. The second-order valence-electron chi connectivity index (χ2n) is 6.31. The molecule has 0 bridgehead atoms. The van der Waals surface area contributed by atoms with Crippen LogP contribution in [0.5, 0.6) is 0 Å². The highest BCUT2D eigenvalue weighted by Crippen LogP contribution is 2.20. The molecule has 0 fully saturated rings. The topological polar surface area (TPSA) is 88.9 Å². The quantitative estimate of drug-likeness (QED) is 0.319. The maximum Gasteiger partial charge on any atom is 0.252 e. The third-order valence-electron chi connectivity index (χ3n) is 4.07. The number of nitrogens with one attached hydrogen (secondary N) is 2. The fourth-order valence-corrected chi connectivity index (χ4v) is 4.08. The molecule has 0 aliphatic heterocycles. The van der Waals surface area contributed by atoms with Crippen LogP contribution in [-0.2, 0) is 17.9 Å². The summed E-state index contributed by atoms with van der Waals surface area (Å²) in [7, 11) is 0. The van der Waals surface area contributed by atoms with Crippen LogP contribution in [0.25, 0.3) is 0 Å². The number of nitrogens with zero attached hydrogens (tertiary/aromatic N) is 3. The Labute approximate surface area is 197 Å². The zero-order valence-corrected chi connectivity index (χ0v) is 19.5. The van der Waals surface area contributed by atoms with Crippen molar-refractivity contribution in [2.75, 3.05) is 11.1 Å². The minimum absolute atomic E-state index is 0.144. The molecule has 2 N–H and O–H groups in total. The highest BCUT2D eigenvalue weighted by molar-refractivity contribution is 9.10. The first kappa shape index (κ1) is 23.1. The summed E-state index contributed by atoms with van der Waals surface area (Å²) in [6.45, 7) is 4.40. The largest absolute Gasteiger partial charge is 0.345 e. The fourth-order valence-electron chi connectivity index (χ4n) is 2.66. The van der Waals surface area contributed by atoms with Crippen molar-refractivity contribution in [3.8, 4) is 0 Å². The van der Waals surface area contributed by atoms with Crippen molar-refractivity contribution in [3.63, 3.8) is 0 Å². The number of carbonyl (C=O) groups is 2. The van der Waals surface area contributed by atoms with Crippen molar-refractivity contribution in [2.45, 2.75) is 18.2 Å². The minimum atomic E-state index is -0.226. The lowest BCUT2D eigenvalue weighted by Gasteiger charge is -2.10. The van der Waals surface area contributed by atoms with Gasteiger partial charge < -0.3 is 15.2 Å². The third-order valence-corrected chi connectivity index (χ3v) is 5.96. The van der Waals surface area contributed by atoms with Gasteiger partial charge in [-0.2, -0.15) is 0 Å². The number of aromatic nitrogens is 3. The Morgan fingerprint density at radius 2 is 2.00 bits per heavy atom. The van der Waals surface area contributed by atoms with E-state index in [-0.39, 0.29) is 24.1 Å². The van der Waals surface area contributed by atoms with Gasteiger partial charge in [0.2, 0.25) is 5.91 Å². The van der Waals surface area contributed by atoms with Gasteiger partial charge in [-0.05, 0) is 46.3 Å². The molecule has 10 heteroatoms. The molecule has 2 aromatic carbocycles. The molecule has 0 unspecified atom stereocenters. The van der Waals surface area contributed by atoms with E-state index in [0.717, 1.165) is 0 Å². The molecule has 3 rings (SSSR count). The molecule has 0 saturated heterocycles. The zero-order chi connectivity index (χ0) is 22.2. The van der Waals surface area contributed by atoms with Crippen molar-refractivity contribution in [1.82, 2.24) is 20.1 Å². The highest BCUT2D eigenvalue weighted by Gasteiger charge is 2.16. The SMILES string of the molecule is C=CCn1c(CNC(=O)c2ccccc2Br)nnc1SCC(=O)Nc1cccc(Cl)c1. The van der Waals surface area contributed by atoms with Gasteiger partial charge in [0.05, 0.1) is 17.9 Å². The third kappa shape index (κ3) is 6.43. The Morgan fingerprint density at radius 3 is 2.74 bits per heavy atom.